The van der Waals surface area contributed by atoms with Crippen LogP contribution in [0, 0.1) is 32.1 Å². The van der Waals surface area contributed by atoms with Crippen LogP contribution in [0.15, 0.2) is 46.9 Å². The highest BCUT2D eigenvalue weighted by molar-refractivity contribution is 7.98. The minimum atomic E-state index is -0.580. The van der Waals surface area contributed by atoms with E-state index in [2.05, 4.69) is 38.1 Å². The normalized spacial score (nSPS) is 11.4. The number of benzene rings is 2. The second kappa shape index (κ2) is 9.43. The van der Waals surface area contributed by atoms with Crippen LogP contribution in [0.2, 0.25) is 0 Å². The van der Waals surface area contributed by atoms with Gasteiger partial charge in [-0.05, 0) is 74.6 Å². The summed E-state index contributed by atoms with van der Waals surface area (Å²) < 4.78 is 5.15. The van der Waals surface area contributed by atoms with E-state index >= 15 is 0 Å². The second-order valence-corrected chi connectivity index (χ2v) is 7.83. The Bertz CT molecular complexity index is 907. The van der Waals surface area contributed by atoms with Gasteiger partial charge in [0.25, 0.3) is 0 Å². The van der Waals surface area contributed by atoms with E-state index in [1.165, 1.54) is 21.6 Å². The van der Waals surface area contributed by atoms with Crippen molar-refractivity contribution in [2.75, 3.05) is 0 Å². The minimum Gasteiger partial charge on any atom is -0.459 e. The quantitative estimate of drug-likeness (QED) is 0.277. The molecule has 2 aromatic rings. The van der Waals surface area contributed by atoms with Gasteiger partial charge in [0.1, 0.15) is 11.6 Å². The lowest BCUT2D eigenvalue weighted by molar-refractivity contribution is -0.142. The summed E-state index contributed by atoms with van der Waals surface area (Å²) in [5.41, 5.74) is 5.58. The lowest BCUT2D eigenvalue weighted by Crippen LogP contribution is -2.12. The van der Waals surface area contributed by atoms with Crippen molar-refractivity contribution in [3.8, 4) is 6.07 Å². The van der Waals surface area contributed by atoms with Crippen LogP contribution in [-0.4, -0.2) is 12.1 Å². The van der Waals surface area contributed by atoms with Crippen molar-refractivity contribution in [1.29, 1.82) is 5.26 Å². The Hall–Kier alpha value is -2.51. The summed E-state index contributed by atoms with van der Waals surface area (Å²) in [6.45, 7) is 9.72. The molecule has 0 spiro atoms. The van der Waals surface area contributed by atoms with Gasteiger partial charge in [-0.2, -0.15) is 5.26 Å². The summed E-state index contributed by atoms with van der Waals surface area (Å²) >= 11 is 1.79. The van der Waals surface area contributed by atoms with E-state index in [0.29, 0.717) is 0 Å². The van der Waals surface area contributed by atoms with Crippen LogP contribution < -0.4 is 0 Å². The summed E-state index contributed by atoms with van der Waals surface area (Å²) in [5, 5.41) is 9.34. The van der Waals surface area contributed by atoms with Gasteiger partial charge in [0.05, 0.1) is 6.10 Å². The van der Waals surface area contributed by atoms with Crippen LogP contribution in [0.1, 0.15) is 41.7 Å². The Morgan fingerprint density at radius 3 is 2.48 bits per heavy atom. The molecular formula is C23H25NO2S. The summed E-state index contributed by atoms with van der Waals surface area (Å²) in [7, 11) is 0. The number of nitrogens with zero attached hydrogens (tertiary/aromatic N) is 1. The molecule has 0 N–H and O–H groups in total. The molecule has 0 unspecified atom stereocenters. The number of hydrogen-bond acceptors (Lipinski definition) is 4. The lowest BCUT2D eigenvalue weighted by Gasteiger charge is -2.12. The molecule has 0 aliphatic heterocycles. The van der Waals surface area contributed by atoms with Crippen molar-refractivity contribution in [3.63, 3.8) is 0 Å². The highest BCUT2D eigenvalue weighted by Crippen LogP contribution is 2.29. The highest BCUT2D eigenvalue weighted by atomic mass is 32.2. The Kier molecular flexibility index (Phi) is 7.27. The first-order valence-corrected chi connectivity index (χ1v) is 9.91. The Morgan fingerprint density at radius 2 is 1.85 bits per heavy atom. The van der Waals surface area contributed by atoms with Crippen LogP contribution in [0.4, 0.5) is 0 Å². The topological polar surface area (TPSA) is 50.1 Å². The zero-order chi connectivity index (χ0) is 20.0. The minimum absolute atomic E-state index is 0.0214. The average molecular weight is 380 g/mol. The summed E-state index contributed by atoms with van der Waals surface area (Å²) in [4.78, 5) is 13.3. The zero-order valence-corrected chi connectivity index (χ0v) is 17.3. The molecule has 0 bridgehead atoms. The predicted molar refractivity (Wildman–Crippen MR) is 111 cm³/mol. The number of thioether (sulfide) groups is 1. The maximum Gasteiger partial charge on any atom is 0.349 e. The van der Waals surface area contributed by atoms with Crippen molar-refractivity contribution in [1.82, 2.24) is 0 Å². The van der Waals surface area contributed by atoms with Crippen LogP contribution >= 0.6 is 11.8 Å². The highest BCUT2D eigenvalue weighted by Gasteiger charge is 2.14. The molecule has 0 saturated heterocycles. The summed E-state index contributed by atoms with van der Waals surface area (Å²) in [6.07, 6.45) is 1.37. The standard InChI is InChI=1S/C23H25NO2S/c1-15(2)26-23(25)20(13-24)11-19-12-21(18(5)10-17(19)4)14-27-22-9-7-6-8-16(22)3/h6-12,15H,14H2,1-5H3/b20-11+. The number of nitriles is 1. The van der Waals surface area contributed by atoms with Gasteiger partial charge in [-0.15, -0.1) is 11.8 Å². The number of rotatable bonds is 6. The van der Waals surface area contributed by atoms with Gasteiger partial charge in [0, 0.05) is 10.6 Å². The molecule has 0 heterocycles. The fraction of sp³-hybridized carbons (Fsp3) is 0.304. The van der Waals surface area contributed by atoms with E-state index < -0.39 is 5.97 Å². The van der Waals surface area contributed by atoms with Crippen LogP contribution in [0.25, 0.3) is 6.08 Å². The first-order chi connectivity index (χ1) is 12.8. The predicted octanol–water partition coefficient (Wildman–Crippen LogP) is 5.76. The lowest BCUT2D eigenvalue weighted by atomic mass is 9.99. The molecule has 0 fully saturated rings. The van der Waals surface area contributed by atoms with Crippen molar-refractivity contribution >= 4 is 23.8 Å². The number of ether oxygens (including phenoxy) is 1. The molecule has 0 radical (unpaired) electrons. The van der Waals surface area contributed by atoms with E-state index in [1.54, 1.807) is 31.7 Å². The molecule has 140 valence electrons. The molecule has 0 aliphatic rings. The average Bonchev–Trinajstić information content (AvgIpc) is 2.60. The molecule has 0 aliphatic carbocycles. The third-order valence-corrected chi connectivity index (χ3v) is 5.41. The van der Waals surface area contributed by atoms with E-state index in [-0.39, 0.29) is 11.7 Å². The molecular weight excluding hydrogens is 354 g/mol. The van der Waals surface area contributed by atoms with Crippen molar-refractivity contribution in [2.45, 2.75) is 51.4 Å². The fourth-order valence-electron chi connectivity index (χ4n) is 2.67. The number of carbonyl (C=O) groups excluding carboxylic acids is 1. The van der Waals surface area contributed by atoms with Gasteiger partial charge in [0.2, 0.25) is 0 Å². The summed E-state index contributed by atoms with van der Waals surface area (Å²) in [6, 6.07) is 14.5. The van der Waals surface area contributed by atoms with E-state index in [4.69, 9.17) is 4.74 Å². The molecule has 0 aromatic heterocycles. The van der Waals surface area contributed by atoms with E-state index in [0.717, 1.165) is 16.9 Å². The third kappa shape index (κ3) is 5.74. The molecule has 0 amide bonds. The Morgan fingerprint density at radius 1 is 1.15 bits per heavy atom. The van der Waals surface area contributed by atoms with Crippen LogP contribution in [0.3, 0.4) is 0 Å². The monoisotopic (exact) mass is 379 g/mol. The zero-order valence-electron chi connectivity index (χ0n) is 16.5. The summed E-state index contributed by atoms with van der Waals surface area (Å²) in [5.74, 6) is 0.249. The number of aryl methyl sites for hydroxylation is 3. The van der Waals surface area contributed by atoms with Gasteiger partial charge < -0.3 is 4.74 Å². The second-order valence-electron chi connectivity index (χ2n) is 6.81. The first-order valence-electron chi connectivity index (χ1n) is 8.93. The van der Waals surface area contributed by atoms with Crippen molar-refractivity contribution in [3.05, 3.63) is 69.8 Å². The molecule has 0 atom stereocenters. The van der Waals surface area contributed by atoms with Gasteiger partial charge in [-0.3, -0.25) is 0 Å². The smallest absolute Gasteiger partial charge is 0.349 e. The molecule has 2 rings (SSSR count). The third-order valence-electron chi connectivity index (χ3n) is 4.18. The molecule has 4 heteroatoms. The van der Waals surface area contributed by atoms with E-state index in [9.17, 15) is 10.1 Å². The molecule has 3 nitrogen and oxygen atoms in total. The fourth-order valence-corrected chi connectivity index (χ4v) is 3.76. The SMILES string of the molecule is Cc1cc(C)c(CSc2ccccc2C)cc1/C=C(\C#N)C(=O)OC(C)C. The number of esters is 1. The first kappa shape index (κ1) is 20.8. The van der Waals surface area contributed by atoms with Gasteiger partial charge in [0.15, 0.2) is 0 Å². The van der Waals surface area contributed by atoms with Crippen LogP contribution in [-0.2, 0) is 15.3 Å². The molecule has 0 saturated carbocycles. The van der Waals surface area contributed by atoms with Crippen molar-refractivity contribution < 1.29 is 9.53 Å². The van der Waals surface area contributed by atoms with Gasteiger partial charge in [-0.25, -0.2) is 4.79 Å². The molecule has 27 heavy (non-hydrogen) atoms. The van der Waals surface area contributed by atoms with Gasteiger partial charge in [-0.1, -0.05) is 30.3 Å². The van der Waals surface area contributed by atoms with Gasteiger partial charge >= 0.3 is 5.97 Å². The Labute approximate surface area is 166 Å². The Balaban J connectivity index is 2.29. The number of carbonyl (C=O) groups is 1. The maximum absolute atomic E-state index is 12.1. The maximum atomic E-state index is 12.1. The largest absolute Gasteiger partial charge is 0.459 e. The molecule has 2 aromatic carbocycles. The number of hydrogen-bond donors (Lipinski definition) is 0. The van der Waals surface area contributed by atoms with Crippen molar-refractivity contribution in [2.24, 2.45) is 0 Å². The van der Waals surface area contributed by atoms with Crippen LogP contribution in [0.5, 0.6) is 0 Å². The van der Waals surface area contributed by atoms with E-state index in [1.807, 2.05) is 25.1 Å².